The van der Waals surface area contributed by atoms with Gasteiger partial charge in [0, 0.05) is 11.1 Å². The van der Waals surface area contributed by atoms with E-state index >= 15 is 0 Å². The van der Waals surface area contributed by atoms with Gasteiger partial charge in [0.2, 0.25) is 5.89 Å². The number of nitrogens with zero attached hydrogens (tertiary/aromatic N) is 3. The normalized spacial score (nSPS) is 11.8. The van der Waals surface area contributed by atoms with E-state index in [1.165, 1.54) is 0 Å². The number of nitrogens with one attached hydrogen (secondary N) is 1. The molecule has 2 heterocycles. The Hall–Kier alpha value is -3.26. The van der Waals surface area contributed by atoms with Gasteiger partial charge in [-0.2, -0.15) is 5.10 Å². The molecule has 0 saturated carbocycles. The van der Waals surface area contributed by atoms with Crippen LogP contribution in [0.15, 0.2) is 70.0 Å². The minimum absolute atomic E-state index is 0.298. The van der Waals surface area contributed by atoms with Crippen molar-refractivity contribution in [1.82, 2.24) is 20.4 Å². The Morgan fingerprint density at radius 3 is 2.25 bits per heavy atom. The molecule has 0 aliphatic heterocycles. The largest absolute Gasteiger partial charge is 0.415 e. The molecule has 2 aromatic heterocycles. The van der Waals surface area contributed by atoms with E-state index in [9.17, 15) is 8.42 Å². The summed E-state index contributed by atoms with van der Waals surface area (Å²) in [5.41, 5.74) is 2.86. The van der Waals surface area contributed by atoms with E-state index in [0.717, 1.165) is 11.1 Å². The summed E-state index contributed by atoms with van der Waals surface area (Å²) >= 11 is 0. The first kappa shape index (κ1) is 18.1. The van der Waals surface area contributed by atoms with Crippen LogP contribution in [0.3, 0.4) is 0 Å². The second kappa shape index (κ2) is 7.05. The Morgan fingerprint density at radius 2 is 1.57 bits per heavy atom. The lowest BCUT2D eigenvalue weighted by Gasteiger charge is -2.07. The minimum atomic E-state index is -3.30. The van der Waals surface area contributed by atoms with Gasteiger partial charge in [0.15, 0.2) is 9.84 Å². The molecule has 28 heavy (non-hydrogen) atoms. The molecular weight excluding hydrogens is 376 g/mol. The maximum Gasteiger partial charge on any atom is 0.266 e. The van der Waals surface area contributed by atoms with Gasteiger partial charge < -0.3 is 4.42 Å². The van der Waals surface area contributed by atoms with Crippen molar-refractivity contribution >= 4 is 9.84 Å². The highest BCUT2D eigenvalue weighted by Gasteiger charge is 2.19. The Morgan fingerprint density at radius 1 is 0.893 bits per heavy atom. The van der Waals surface area contributed by atoms with Crippen LogP contribution < -0.4 is 0 Å². The highest BCUT2D eigenvalue weighted by molar-refractivity contribution is 7.92. The van der Waals surface area contributed by atoms with E-state index in [4.69, 9.17) is 4.42 Å². The fourth-order valence-electron chi connectivity index (χ4n) is 2.70. The topological polar surface area (TPSA) is 102 Å². The third kappa shape index (κ3) is 3.34. The average Bonchev–Trinajstić information content (AvgIpc) is 3.38. The molecule has 0 aliphatic rings. The summed E-state index contributed by atoms with van der Waals surface area (Å²) in [6.07, 6.45) is 0. The molecule has 0 saturated heterocycles. The molecule has 0 radical (unpaired) electrons. The summed E-state index contributed by atoms with van der Waals surface area (Å²) in [4.78, 5) is 0.298. The number of aromatic nitrogens is 4. The van der Waals surface area contributed by atoms with Crippen LogP contribution in [0.2, 0.25) is 0 Å². The number of benzene rings is 2. The molecule has 0 fully saturated rings. The molecular formula is C20H18N4O3S. The number of aromatic amines is 1. The summed E-state index contributed by atoms with van der Waals surface area (Å²) in [5.74, 6) is 0.756. The van der Waals surface area contributed by atoms with Crippen molar-refractivity contribution < 1.29 is 12.8 Å². The molecule has 4 aromatic rings. The Labute approximate surface area is 162 Å². The average molecular weight is 394 g/mol. The highest BCUT2D eigenvalue weighted by atomic mass is 32.2. The van der Waals surface area contributed by atoms with Gasteiger partial charge in [0.1, 0.15) is 5.69 Å². The second-order valence-corrected chi connectivity index (χ2v) is 9.07. The zero-order valence-corrected chi connectivity index (χ0v) is 16.1. The molecule has 2 aromatic carbocycles. The van der Waals surface area contributed by atoms with Crippen molar-refractivity contribution in [2.75, 3.05) is 0 Å². The van der Waals surface area contributed by atoms with Crippen LogP contribution in [0.5, 0.6) is 0 Å². The van der Waals surface area contributed by atoms with E-state index in [-0.39, 0.29) is 0 Å². The molecule has 8 heteroatoms. The van der Waals surface area contributed by atoms with E-state index < -0.39 is 15.1 Å². The molecule has 0 amide bonds. The fourth-order valence-corrected chi connectivity index (χ4v) is 3.76. The molecule has 0 atom stereocenters. The van der Waals surface area contributed by atoms with Gasteiger partial charge in [0.25, 0.3) is 5.89 Å². The van der Waals surface area contributed by atoms with E-state index in [0.29, 0.717) is 28.1 Å². The van der Waals surface area contributed by atoms with Gasteiger partial charge in [-0.1, -0.05) is 30.3 Å². The van der Waals surface area contributed by atoms with Gasteiger partial charge in [-0.25, -0.2) is 8.42 Å². The van der Waals surface area contributed by atoms with Crippen molar-refractivity contribution in [3.63, 3.8) is 0 Å². The van der Waals surface area contributed by atoms with Crippen molar-refractivity contribution in [3.05, 3.63) is 60.7 Å². The quantitative estimate of drug-likeness (QED) is 0.549. The van der Waals surface area contributed by atoms with E-state index in [1.54, 1.807) is 44.2 Å². The van der Waals surface area contributed by atoms with Crippen LogP contribution in [0.1, 0.15) is 13.8 Å². The van der Waals surface area contributed by atoms with Crippen molar-refractivity contribution in [2.24, 2.45) is 0 Å². The summed E-state index contributed by atoms with van der Waals surface area (Å²) in [6.45, 7) is 3.33. The predicted molar refractivity (Wildman–Crippen MR) is 105 cm³/mol. The first-order valence-electron chi connectivity index (χ1n) is 8.74. The fraction of sp³-hybridized carbons (Fsp3) is 0.150. The number of sulfone groups is 1. The monoisotopic (exact) mass is 394 g/mol. The maximum absolute atomic E-state index is 12.2. The van der Waals surface area contributed by atoms with Gasteiger partial charge in [0.05, 0.1) is 15.8 Å². The van der Waals surface area contributed by atoms with Crippen LogP contribution in [-0.4, -0.2) is 34.1 Å². The van der Waals surface area contributed by atoms with Gasteiger partial charge in [-0.3, -0.25) is 5.10 Å². The molecule has 0 spiro atoms. The molecule has 0 aliphatic carbocycles. The summed E-state index contributed by atoms with van der Waals surface area (Å²) in [7, 11) is -3.30. The SMILES string of the molecule is CC(C)S(=O)(=O)c1ccc(-c2cc(-c3nnc(-c4ccccc4)o3)[nH]n2)cc1. The number of hydrogen-bond donors (Lipinski definition) is 1. The maximum atomic E-state index is 12.2. The first-order chi connectivity index (χ1) is 13.4. The van der Waals surface area contributed by atoms with Gasteiger partial charge >= 0.3 is 0 Å². The number of H-pyrrole nitrogens is 1. The predicted octanol–water partition coefficient (Wildman–Crippen LogP) is 3.98. The number of hydrogen-bond acceptors (Lipinski definition) is 6. The summed E-state index contributed by atoms with van der Waals surface area (Å²) in [5, 5.41) is 14.8. The van der Waals surface area contributed by atoms with E-state index in [2.05, 4.69) is 20.4 Å². The Bertz CT molecular complexity index is 1190. The molecule has 7 nitrogen and oxygen atoms in total. The van der Waals surface area contributed by atoms with Crippen molar-refractivity contribution in [2.45, 2.75) is 24.0 Å². The molecule has 0 bridgehead atoms. The van der Waals surface area contributed by atoms with Crippen LogP contribution >= 0.6 is 0 Å². The van der Waals surface area contributed by atoms with Crippen LogP contribution in [0.4, 0.5) is 0 Å². The molecule has 0 unspecified atom stereocenters. The lowest BCUT2D eigenvalue weighted by Crippen LogP contribution is -2.13. The first-order valence-corrected chi connectivity index (χ1v) is 10.3. The van der Waals surface area contributed by atoms with Gasteiger partial charge in [-0.05, 0) is 44.2 Å². The lowest BCUT2D eigenvalue weighted by atomic mass is 10.1. The van der Waals surface area contributed by atoms with Crippen LogP contribution in [0.25, 0.3) is 34.3 Å². The van der Waals surface area contributed by atoms with Crippen molar-refractivity contribution in [1.29, 1.82) is 0 Å². The lowest BCUT2D eigenvalue weighted by molar-refractivity contribution is 0.582. The van der Waals surface area contributed by atoms with Crippen LogP contribution in [-0.2, 0) is 9.84 Å². The number of rotatable bonds is 5. The standard InChI is InChI=1S/C20H18N4O3S/c1-13(2)28(25,26)16-10-8-14(9-11-16)17-12-18(22-21-17)20-24-23-19(27-20)15-6-4-3-5-7-15/h3-13H,1-2H3,(H,21,22). The highest BCUT2D eigenvalue weighted by Crippen LogP contribution is 2.27. The molecule has 4 rings (SSSR count). The van der Waals surface area contributed by atoms with Crippen molar-refractivity contribution in [3.8, 4) is 34.3 Å². The molecule has 1 N–H and O–H groups in total. The zero-order valence-electron chi connectivity index (χ0n) is 15.3. The molecule has 142 valence electrons. The Kier molecular flexibility index (Phi) is 4.56. The summed E-state index contributed by atoms with van der Waals surface area (Å²) in [6, 6.07) is 17.9. The summed E-state index contributed by atoms with van der Waals surface area (Å²) < 4.78 is 30.2. The Balaban J connectivity index is 1.59. The van der Waals surface area contributed by atoms with Crippen LogP contribution in [0, 0.1) is 0 Å². The van der Waals surface area contributed by atoms with Gasteiger partial charge in [-0.15, -0.1) is 10.2 Å². The minimum Gasteiger partial charge on any atom is -0.415 e. The van der Waals surface area contributed by atoms with E-state index in [1.807, 2.05) is 30.3 Å². The second-order valence-electron chi connectivity index (χ2n) is 6.56. The smallest absolute Gasteiger partial charge is 0.266 e. The zero-order chi connectivity index (χ0) is 19.7. The third-order valence-electron chi connectivity index (χ3n) is 4.35. The third-order valence-corrected chi connectivity index (χ3v) is 6.52.